The van der Waals surface area contributed by atoms with Gasteiger partial charge in [-0.3, -0.25) is 10.7 Å². The second-order valence-electron chi connectivity index (χ2n) is 12.8. The Bertz CT molecular complexity index is 2170. The minimum Gasteiger partial charge on any atom is -0.520 e. The van der Waals surface area contributed by atoms with E-state index in [0.29, 0.717) is 56.9 Å². The Morgan fingerprint density at radius 3 is 2.65 bits per heavy atom. The van der Waals surface area contributed by atoms with Gasteiger partial charge in [0, 0.05) is 53.5 Å². The molecule has 1 saturated heterocycles. The molecule has 1 aliphatic heterocycles. The zero-order valence-electron chi connectivity index (χ0n) is 28.7. The van der Waals surface area contributed by atoms with Crippen molar-refractivity contribution >= 4 is 51.9 Å². The number of amides is 1. The number of nitrogens with one attached hydrogen (secondary N) is 1. The molecule has 0 spiro atoms. The summed E-state index contributed by atoms with van der Waals surface area (Å²) >= 11 is 14.2. The summed E-state index contributed by atoms with van der Waals surface area (Å²) < 4.78 is 7.20. The molecule has 1 aliphatic carbocycles. The number of nitrogens with zero attached hydrogens (tertiary/aromatic N) is 6. The van der Waals surface area contributed by atoms with Gasteiger partial charge < -0.3 is 29.8 Å². The summed E-state index contributed by atoms with van der Waals surface area (Å²) in [5.41, 5.74) is 5.54. The van der Waals surface area contributed by atoms with E-state index in [-0.39, 0.29) is 35.3 Å². The number of aliphatic hydroxyl groups excluding tert-OH is 1. The van der Waals surface area contributed by atoms with E-state index in [0.717, 1.165) is 61.2 Å². The smallest absolute Gasteiger partial charge is 0.520 e. The molecular weight excluding hydrogens is 744 g/mol. The molecule has 2 aromatic carbocycles. The van der Waals surface area contributed by atoms with Crippen LogP contribution in [0.4, 0.5) is 11.5 Å². The van der Waals surface area contributed by atoms with E-state index < -0.39 is 0 Å². The summed E-state index contributed by atoms with van der Waals surface area (Å²) in [5, 5.41) is 18.6. The summed E-state index contributed by atoms with van der Waals surface area (Å²) in [6.07, 6.45) is 8.79. The van der Waals surface area contributed by atoms with E-state index in [1.54, 1.807) is 32.6 Å². The van der Waals surface area contributed by atoms with Gasteiger partial charge in [-0.2, -0.15) is 24.4 Å². The van der Waals surface area contributed by atoms with Crippen LogP contribution in [0.1, 0.15) is 36.4 Å². The number of ether oxygens (including phenoxy) is 1. The fraction of sp³-hybridized carbons (Fsp3) is 0.316. The van der Waals surface area contributed by atoms with Crippen molar-refractivity contribution in [2.24, 2.45) is 7.05 Å². The first-order valence-electron chi connectivity index (χ1n) is 16.9. The van der Waals surface area contributed by atoms with Gasteiger partial charge >= 0.3 is 17.1 Å². The topological polar surface area (TPSA) is 126 Å². The Labute approximate surface area is 322 Å². The zero-order valence-corrected chi connectivity index (χ0v) is 31.4. The molecule has 1 unspecified atom stereocenters. The molecular formula is C38H37Cl2MnN7O4. The number of halogens is 2. The monoisotopic (exact) mass is 780 g/mol. The Hall–Kier alpha value is -4.03. The maximum atomic E-state index is 12.9. The van der Waals surface area contributed by atoms with Crippen LogP contribution in [0.5, 0.6) is 5.88 Å². The van der Waals surface area contributed by atoms with Crippen molar-refractivity contribution in [3.05, 3.63) is 98.4 Å². The van der Waals surface area contributed by atoms with Crippen LogP contribution in [0.15, 0.2) is 65.7 Å². The Morgan fingerprint density at radius 2 is 1.88 bits per heavy atom. The molecule has 0 bridgehead atoms. The SMILES string of the molecule is COc1nc(-c2cccc(-c3cccc(Nc4nccc5cnn(C)c(=O)c45)c3Cl)c2Cl)cc2c1C(N1CC[C-](CCN([C-]=O)CCO)C1)CC2.[Mn+2]. The molecule has 7 rings (SSSR count). The standard InChI is InChI=1S/C38H37Cl2N7O4.Mn/c1-45-38(50)33-25(20-42-45)11-14-41-36(33)43-29-8-4-6-27(35(29)40)26-5-3-7-28(34(26)39)30-19-24-9-10-31(32(24)37(44-30)51-2)47-16-13-23(21-47)12-15-46(22-49)17-18-48;/h3-8,11,14,19-20,31,48H,9-10,12-13,15-18,21H2,1-2H3,(H,41,43);/q-2;+2. The van der Waals surface area contributed by atoms with Crippen LogP contribution in [-0.2, 0) is 35.3 Å². The van der Waals surface area contributed by atoms with Crippen LogP contribution < -0.4 is 15.6 Å². The van der Waals surface area contributed by atoms with E-state index in [1.807, 2.05) is 42.8 Å². The number of likely N-dealkylation sites (tertiary alicyclic amines) is 1. The Morgan fingerprint density at radius 1 is 1.12 bits per heavy atom. The van der Waals surface area contributed by atoms with Gasteiger partial charge in [0.25, 0.3) is 5.56 Å². The minimum absolute atomic E-state index is 0. The maximum absolute atomic E-state index is 12.9. The Balaban J connectivity index is 0.00000464. The Kier molecular flexibility index (Phi) is 11.8. The van der Waals surface area contributed by atoms with Gasteiger partial charge in [-0.05, 0) is 49.7 Å². The molecule has 2 N–H and O–H groups in total. The van der Waals surface area contributed by atoms with Gasteiger partial charge in [0.2, 0.25) is 5.88 Å². The average Bonchev–Trinajstić information content (AvgIpc) is 3.80. The van der Waals surface area contributed by atoms with Crippen molar-refractivity contribution < 1.29 is 31.7 Å². The number of aliphatic hydroxyl groups is 1. The van der Waals surface area contributed by atoms with E-state index in [9.17, 15) is 14.7 Å². The van der Waals surface area contributed by atoms with E-state index in [2.05, 4.69) is 26.4 Å². The van der Waals surface area contributed by atoms with Gasteiger partial charge in [0.1, 0.15) is 5.82 Å². The van der Waals surface area contributed by atoms with E-state index in [4.69, 9.17) is 32.9 Å². The third kappa shape index (κ3) is 7.28. The van der Waals surface area contributed by atoms with Crippen molar-refractivity contribution in [3.8, 4) is 28.3 Å². The first-order valence-corrected chi connectivity index (χ1v) is 17.6. The molecule has 14 heteroatoms. The summed E-state index contributed by atoms with van der Waals surface area (Å²) in [5.74, 6) is 2.37. The number of rotatable bonds is 12. The molecule has 2 aliphatic rings. The van der Waals surface area contributed by atoms with Gasteiger partial charge in [0.15, 0.2) is 0 Å². The van der Waals surface area contributed by atoms with Crippen LogP contribution in [0.3, 0.4) is 0 Å². The number of aromatic nitrogens is 4. The number of carbonyl (C=O) groups excluding carboxylic acids is 1. The molecule has 5 aromatic rings. The van der Waals surface area contributed by atoms with Crippen molar-refractivity contribution in [1.29, 1.82) is 0 Å². The third-order valence-electron chi connectivity index (χ3n) is 9.85. The van der Waals surface area contributed by atoms with Crippen molar-refractivity contribution in [2.75, 3.05) is 45.2 Å². The summed E-state index contributed by atoms with van der Waals surface area (Å²) in [4.78, 5) is 37.6. The molecule has 1 amide bonds. The summed E-state index contributed by atoms with van der Waals surface area (Å²) in [7, 11) is 3.25. The van der Waals surface area contributed by atoms with Gasteiger partial charge in [-0.25, -0.2) is 14.6 Å². The number of benzene rings is 2. The second-order valence-corrected chi connectivity index (χ2v) is 13.6. The molecule has 1 atom stereocenters. The average molecular weight is 782 g/mol. The van der Waals surface area contributed by atoms with Crippen LogP contribution in [-0.4, -0.2) is 81.0 Å². The molecule has 1 radical (unpaired) electrons. The number of hydrogen-bond donors (Lipinski definition) is 2. The van der Waals surface area contributed by atoms with Gasteiger partial charge in [-0.1, -0.05) is 53.5 Å². The van der Waals surface area contributed by atoms with Gasteiger partial charge in [0.05, 0.1) is 46.7 Å². The number of fused-ring (bicyclic) bond motifs is 2. The molecule has 11 nitrogen and oxygen atoms in total. The number of methoxy groups -OCH3 is 1. The zero-order chi connectivity index (χ0) is 35.6. The molecule has 1 fully saturated rings. The first kappa shape index (κ1) is 37.7. The van der Waals surface area contributed by atoms with Crippen LogP contribution >= 0.6 is 23.2 Å². The molecule has 0 saturated carbocycles. The predicted molar refractivity (Wildman–Crippen MR) is 199 cm³/mol. The number of aryl methyl sites for hydroxylation is 2. The maximum Gasteiger partial charge on any atom is 2.00 e. The van der Waals surface area contributed by atoms with Gasteiger partial charge in [-0.15, -0.1) is 6.54 Å². The predicted octanol–water partition coefficient (Wildman–Crippen LogP) is 6.13. The number of hydrogen-bond acceptors (Lipinski definition) is 9. The summed E-state index contributed by atoms with van der Waals surface area (Å²) in [6, 6.07) is 15.5. The number of anilines is 2. The molecule has 4 heterocycles. The molecule has 52 heavy (non-hydrogen) atoms. The largest absolute Gasteiger partial charge is 2.00 e. The first-order chi connectivity index (χ1) is 24.8. The van der Waals surface area contributed by atoms with Crippen molar-refractivity contribution in [3.63, 3.8) is 0 Å². The van der Waals surface area contributed by atoms with Crippen molar-refractivity contribution in [2.45, 2.75) is 31.7 Å². The number of pyridine rings is 2. The second kappa shape index (κ2) is 16.3. The van der Waals surface area contributed by atoms with Crippen LogP contribution in [0.2, 0.25) is 10.0 Å². The minimum atomic E-state index is -0.269. The fourth-order valence-corrected chi connectivity index (χ4v) is 7.84. The normalized spacial score (nSPS) is 15.8. The van der Waals surface area contributed by atoms with E-state index in [1.165, 1.54) is 21.1 Å². The fourth-order valence-electron chi connectivity index (χ4n) is 7.24. The quantitative estimate of drug-likeness (QED) is 0.0874. The van der Waals surface area contributed by atoms with Crippen LogP contribution in [0, 0.1) is 5.92 Å². The summed E-state index contributed by atoms with van der Waals surface area (Å²) in [6.45, 7) is 2.59. The van der Waals surface area contributed by atoms with E-state index >= 15 is 0 Å². The molecule has 3 aromatic heterocycles. The third-order valence-corrected chi connectivity index (χ3v) is 10.7. The van der Waals surface area contributed by atoms with Crippen molar-refractivity contribution in [1.82, 2.24) is 29.5 Å². The van der Waals surface area contributed by atoms with Crippen LogP contribution in [0.25, 0.3) is 33.2 Å². The molecule has 269 valence electrons.